The Morgan fingerprint density at radius 2 is 1.68 bits per heavy atom. The van der Waals surface area contributed by atoms with E-state index in [1.807, 2.05) is 47.6 Å². The topological polar surface area (TPSA) is 108 Å². The van der Waals surface area contributed by atoms with Crippen LogP contribution in [0, 0.1) is 12.8 Å². The van der Waals surface area contributed by atoms with E-state index in [-0.39, 0.29) is 11.7 Å². The number of ether oxygens (including phenoxy) is 1. The summed E-state index contributed by atoms with van der Waals surface area (Å²) in [6.45, 7) is 16.6. The number of aryl methyl sites for hydroxylation is 1. The minimum Gasteiger partial charge on any atom is -0.508 e. The SMILES string of the molecule is CCC(C)(C)N(C(=O)C(CC(C)C)NC(=O)OC(C)(C)C)C(C(=O)Nc1c(C)cccc1Cl)c1cccc(O)c1. The number of anilines is 1. The van der Waals surface area contributed by atoms with Crippen LogP contribution in [0.15, 0.2) is 42.5 Å². The maximum absolute atomic E-state index is 14.5. The Kier molecular flexibility index (Phi) is 11.0. The van der Waals surface area contributed by atoms with Crippen LogP contribution in [0.2, 0.25) is 5.02 Å². The zero-order valence-corrected chi connectivity index (χ0v) is 25.8. The average Bonchev–Trinajstić information content (AvgIpc) is 2.82. The van der Waals surface area contributed by atoms with Gasteiger partial charge < -0.3 is 25.4 Å². The van der Waals surface area contributed by atoms with Gasteiger partial charge in [-0.25, -0.2) is 4.79 Å². The van der Waals surface area contributed by atoms with E-state index >= 15 is 0 Å². The van der Waals surface area contributed by atoms with Crippen LogP contribution >= 0.6 is 11.6 Å². The lowest BCUT2D eigenvalue weighted by Crippen LogP contribution is -2.59. The second-order valence-corrected chi connectivity index (χ2v) is 12.5. The molecule has 0 aliphatic rings. The first-order valence-electron chi connectivity index (χ1n) is 13.6. The van der Waals surface area contributed by atoms with Crippen molar-refractivity contribution in [3.63, 3.8) is 0 Å². The molecule has 0 heterocycles. The van der Waals surface area contributed by atoms with Crippen molar-refractivity contribution in [2.24, 2.45) is 5.92 Å². The standard InChI is InChI=1S/C31H44ClN3O5/c1-10-31(8,9)35(28(38)24(17-19(2)3)33-29(39)40-30(5,6)7)26(21-14-12-15-22(36)18-21)27(37)34-25-20(4)13-11-16-23(25)32/h11-16,18-19,24,26,36H,10,17H2,1-9H3,(H,33,39)(H,34,37). The third kappa shape index (κ3) is 8.88. The molecule has 2 unspecified atom stereocenters. The van der Waals surface area contributed by atoms with Crippen molar-refractivity contribution in [1.82, 2.24) is 10.2 Å². The lowest BCUT2D eigenvalue weighted by molar-refractivity contribution is -0.148. The molecule has 0 aromatic heterocycles. The van der Waals surface area contributed by atoms with E-state index in [1.165, 1.54) is 17.0 Å². The summed E-state index contributed by atoms with van der Waals surface area (Å²) in [4.78, 5) is 42.9. The van der Waals surface area contributed by atoms with E-state index in [1.54, 1.807) is 45.0 Å². The molecule has 2 aromatic rings. The number of nitrogens with one attached hydrogen (secondary N) is 2. The number of alkyl carbamates (subject to hydrolysis) is 1. The van der Waals surface area contributed by atoms with Gasteiger partial charge in [0.1, 0.15) is 23.4 Å². The highest BCUT2D eigenvalue weighted by Crippen LogP contribution is 2.35. The highest BCUT2D eigenvalue weighted by Gasteiger charge is 2.43. The molecule has 3 N–H and O–H groups in total. The predicted octanol–water partition coefficient (Wildman–Crippen LogP) is 6.99. The number of hydrogen-bond donors (Lipinski definition) is 3. The molecular formula is C31H44ClN3O5. The number of phenolic OH excluding ortho intramolecular Hbond substituents is 1. The molecule has 2 atom stereocenters. The molecule has 0 fully saturated rings. The molecule has 0 aliphatic heterocycles. The smallest absolute Gasteiger partial charge is 0.408 e. The van der Waals surface area contributed by atoms with E-state index in [0.717, 1.165) is 5.56 Å². The van der Waals surface area contributed by atoms with Crippen molar-refractivity contribution in [3.05, 3.63) is 58.6 Å². The van der Waals surface area contributed by atoms with Crippen LogP contribution in [0.1, 0.15) is 85.4 Å². The van der Waals surface area contributed by atoms with Gasteiger partial charge >= 0.3 is 6.09 Å². The maximum Gasteiger partial charge on any atom is 0.408 e. The Bertz CT molecular complexity index is 1190. The number of rotatable bonds is 10. The van der Waals surface area contributed by atoms with Crippen molar-refractivity contribution in [2.45, 2.75) is 98.4 Å². The molecule has 0 aliphatic carbocycles. The second-order valence-electron chi connectivity index (χ2n) is 12.1. The van der Waals surface area contributed by atoms with Gasteiger partial charge in [0.2, 0.25) is 5.91 Å². The van der Waals surface area contributed by atoms with Gasteiger partial charge in [0, 0.05) is 5.54 Å². The summed E-state index contributed by atoms with van der Waals surface area (Å²) >= 11 is 6.43. The summed E-state index contributed by atoms with van der Waals surface area (Å²) in [5.74, 6) is -0.936. The molecular weight excluding hydrogens is 530 g/mol. The third-order valence-corrected chi connectivity index (χ3v) is 6.93. The van der Waals surface area contributed by atoms with Gasteiger partial charge in [0.25, 0.3) is 5.91 Å². The van der Waals surface area contributed by atoms with Crippen molar-refractivity contribution >= 4 is 35.2 Å². The second kappa shape index (κ2) is 13.4. The van der Waals surface area contributed by atoms with Gasteiger partial charge in [-0.05, 0) is 89.6 Å². The number of halogens is 1. The molecule has 220 valence electrons. The Morgan fingerprint density at radius 3 is 2.20 bits per heavy atom. The molecule has 0 radical (unpaired) electrons. The highest BCUT2D eigenvalue weighted by atomic mass is 35.5. The molecule has 8 nitrogen and oxygen atoms in total. The number of amides is 3. The molecule has 40 heavy (non-hydrogen) atoms. The van der Waals surface area contributed by atoms with Crippen molar-refractivity contribution < 1.29 is 24.2 Å². The predicted molar refractivity (Wildman–Crippen MR) is 159 cm³/mol. The first-order valence-corrected chi connectivity index (χ1v) is 14.0. The summed E-state index contributed by atoms with van der Waals surface area (Å²) in [6.07, 6.45) is 0.116. The molecule has 3 amide bonds. The zero-order valence-electron chi connectivity index (χ0n) is 25.1. The minimum absolute atomic E-state index is 0.0449. The van der Waals surface area contributed by atoms with Crippen LogP contribution in [0.3, 0.4) is 0 Å². The summed E-state index contributed by atoms with van der Waals surface area (Å²) < 4.78 is 5.46. The van der Waals surface area contributed by atoms with Crippen molar-refractivity contribution in [1.29, 1.82) is 0 Å². The first kappa shape index (κ1) is 32.9. The number of hydrogen-bond acceptors (Lipinski definition) is 5. The molecule has 2 aromatic carbocycles. The Balaban J connectivity index is 2.68. The van der Waals surface area contributed by atoms with E-state index < -0.39 is 41.1 Å². The van der Waals surface area contributed by atoms with Gasteiger partial charge in [0.15, 0.2) is 0 Å². The van der Waals surface area contributed by atoms with Crippen LogP contribution in [-0.4, -0.2) is 45.1 Å². The number of benzene rings is 2. The lowest BCUT2D eigenvalue weighted by Gasteiger charge is -2.44. The number of phenols is 1. The average molecular weight is 574 g/mol. The molecule has 0 saturated carbocycles. The maximum atomic E-state index is 14.5. The zero-order chi connectivity index (χ0) is 30.4. The normalized spacial score (nSPS) is 13.4. The van der Waals surface area contributed by atoms with E-state index in [9.17, 15) is 19.5 Å². The fourth-order valence-corrected chi connectivity index (χ4v) is 4.62. The van der Waals surface area contributed by atoms with Gasteiger partial charge in [-0.1, -0.05) is 56.6 Å². The molecule has 2 rings (SSSR count). The number of carbonyl (C=O) groups excluding carboxylic acids is 3. The van der Waals surface area contributed by atoms with Crippen molar-refractivity contribution in [2.75, 3.05) is 5.32 Å². The van der Waals surface area contributed by atoms with Crippen LogP contribution in [-0.2, 0) is 14.3 Å². The number of nitrogens with zero attached hydrogens (tertiary/aromatic N) is 1. The van der Waals surface area contributed by atoms with E-state index in [4.69, 9.17) is 16.3 Å². The van der Waals surface area contributed by atoms with Crippen LogP contribution in [0.5, 0.6) is 5.75 Å². The summed E-state index contributed by atoms with van der Waals surface area (Å²) in [6, 6.07) is 9.45. The molecule has 0 spiro atoms. The van der Waals surface area contributed by atoms with Gasteiger partial charge in [0.05, 0.1) is 10.7 Å². The monoisotopic (exact) mass is 573 g/mol. The van der Waals surface area contributed by atoms with Crippen molar-refractivity contribution in [3.8, 4) is 5.75 Å². The van der Waals surface area contributed by atoms with Gasteiger partial charge in [-0.3, -0.25) is 9.59 Å². The molecule has 0 saturated heterocycles. The Labute approximate surface area is 243 Å². The fourth-order valence-electron chi connectivity index (χ4n) is 4.35. The minimum atomic E-state index is -1.15. The van der Waals surface area contributed by atoms with Crippen LogP contribution in [0.4, 0.5) is 10.5 Å². The van der Waals surface area contributed by atoms with E-state index in [0.29, 0.717) is 29.1 Å². The number of carbonyl (C=O) groups is 3. The Morgan fingerprint density at radius 1 is 1.05 bits per heavy atom. The Hall–Kier alpha value is -3.26. The lowest BCUT2D eigenvalue weighted by atomic mass is 9.90. The summed E-state index contributed by atoms with van der Waals surface area (Å²) in [5, 5.41) is 16.4. The highest BCUT2D eigenvalue weighted by molar-refractivity contribution is 6.34. The largest absolute Gasteiger partial charge is 0.508 e. The fraction of sp³-hybridized carbons (Fsp3) is 0.516. The summed E-state index contributed by atoms with van der Waals surface area (Å²) in [7, 11) is 0. The van der Waals surface area contributed by atoms with E-state index in [2.05, 4.69) is 10.6 Å². The molecule has 9 heteroatoms. The first-order chi connectivity index (χ1) is 18.5. The quantitative estimate of drug-likeness (QED) is 0.284. The van der Waals surface area contributed by atoms with Crippen LogP contribution in [0.25, 0.3) is 0 Å². The van der Waals surface area contributed by atoms with Gasteiger partial charge in [-0.2, -0.15) is 0 Å². The number of aromatic hydroxyl groups is 1. The number of para-hydroxylation sites is 1. The third-order valence-electron chi connectivity index (χ3n) is 6.61. The summed E-state index contributed by atoms with van der Waals surface area (Å²) in [5.41, 5.74) is 0.0243. The van der Waals surface area contributed by atoms with Gasteiger partial charge in [-0.15, -0.1) is 0 Å². The molecule has 0 bridgehead atoms. The van der Waals surface area contributed by atoms with Crippen LogP contribution < -0.4 is 10.6 Å².